The molecule has 0 spiro atoms. The molecule has 0 saturated carbocycles. The summed E-state index contributed by atoms with van der Waals surface area (Å²) in [5.41, 5.74) is 0.910. The number of hydrogen-bond acceptors (Lipinski definition) is 1. The van der Waals surface area contributed by atoms with Crippen molar-refractivity contribution in [3.05, 3.63) is 11.6 Å². The minimum Gasteiger partial charge on any atom is -0.337 e. The molecule has 0 aromatic rings. The van der Waals surface area contributed by atoms with Gasteiger partial charge in [0.15, 0.2) is 0 Å². The summed E-state index contributed by atoms with van der Waals surface area (Å²) in [6.07, 6.45) is 4.14. The van der Waals surface area contributed by atoms with Crippen molar-refractivity contribution in [3.8, 4) is 0 Å². The zero-order valence-corrected chi connectivity index (χ0v) is 7.26. The van der Waals surface area contributed by atoms with E-state index in [0.717, 1.165) is 18.5 Å². The van der Waals surface area contributed by atoms with E-state index in [1.54, 1.807) is 0 Å². The summed E-state index contributed by atoms with van der Waals surface area (Å²) in [4.78, 5) is 11.5. The van der Waals surface area contributed by atoms with Gasteiger partial charge < -0.3 is 5.32 Å². The van der Waals surface area contributed by atoms with Crippen LogP contribution in [0.1, 0.15) is 26.7 Å². The molecule has 0 bridgehead atoms. The Labute approximate surface area is 67.7 Å². The fourth-order valence-electron chi connectivity index (χ4n) is 1.45. The molecular formula is C9H16NO+. The molecule has 2 nitrogen and oxygen atoms in total. The highest BCUT2D eigenvalue weighted by Gasteiger charge is 2.26. The van der Waals surface area contributed by atoms with Crippen LogP contribution in [-0.2, 0) is 4.79 Å². The highest BCUT2D eigenvalue weighted by Crippen LogP contribution is 2.04. The summed E-state index contributed by atoms with van der Waals surface area (Å²) in [6, 6.07) is 0.228. The third-order valence-corrected chi connectivity index (χ3v) is 2.33. The summed E-state index contributed by atoms with van der Waals surface area (Å²) in [7, 11) is 0. The van der Waals surface area contributed by atoms with Gasteiger partial charge in [-0.1, -0.05) is 6.08 Å². The maximum atomic E-state index is 11.5. The van der Waals surface area contributed by atoms with Gasteiger partial charge >= 0.3 is 0 Å². The fourth-order valence-corrected chi connectivity index (χ4v) is 1.45. The molecule has 1 aliphatic heterocycles. The minimum absolute atomic E-state index is 0.228. The first-order valence-corrected chi connectivity index (χ1v) is 4.26. The largest absolute Gasteiger partial charge is 0.337 e. The van der Waals surface area contributed by atoms with Crippen molar-refractivity contribution >= 4 is 5.78 Å². The number of quaternary nitrogens is 1. The molecule has 0 radical (unpaired) electrons. The Morgan fingerprint density at radius 2 is 2.36 bits per heavy atom. The summed E-state index contributed by atoms with van der Waals surface area (Å²) >= 11 is 0. The van der Waals surface area contributed by atoms with Crippen LogP contribution in [0.25, 0.3) is 0 Å². The van der Waals surface area contributed by atoms with Gasteiger partial charge in [-0.05, 0) is 19.4 Å². The van der Waals surface area contributed by atoms with Crippen molar-refractivity contribution in [2.24, 2.45) is 0 Å². The van der Waals surface area contributed by atoms with Crippen molar-refractivity contribution < 1.29 is 10.1 Å². The van der Waals surface area contributed by atoms with E-state index < -0.39 is 0 Å². The molecule has 0 aromatic heterocycles. The van der Waals surface area contributed by atoms with Gasteiger partial charge in [-0.2, -0.15) is 0 Å². The lowest BCUT2D eigenvalue weighted by Crippen LogP contribution is -2.88. The van der Waals surface area contributed by atoms with E-state index in [1.807, 2.05) is 19.9 Å². The molecule has 2 heteroatoms. The molecule has 1 aliphatic rings. The molecule has 1 unspecified atom stereocenters. The zero-order chi connectivity index (χ0) is 8.27. The van der Waals surface area contributed by atoms with E-state index in [4.69, 9.17) is 0 Å². The third-order valence-electron chi connectivity index (χ3n) is 2.33. The summed E-state index contributed by atoms with van der Waals surface area (Å²) in [6.45, 7) is 4.93. The van der Waals surface area contributed by atoms with Crippen LogP contribution in [-0.4, -0.2) is 18.4 Å². The molecule has 1 fully saturated rings. The van der Waals surface area contributed by atoms with Crippen LogP contribution in [0.2, 0.25) is 0 Å². The fraction of sp³-hybridized carbons (Fsp3) is 0.667. The molecule has 2 N–H and O–H groups in total. The first-order chi connectivity index (χ1) is 5.25. The van der Waals surface area contributed by atoms with Crippen molar-refractivity contribution in [2.45, 2.75) is 32.7 Å². The van der Waals surface area contributed by atoms with Gasteiger partial charge in [0.2, 0.25) is 5.78 Å². The maximum absolute atomic E-state index is 11.5. The molecule has 1 saturated heterocycles. The van der Waals surface area contributed by atoms with Crippen molar-refractivity contribution in [2.75, 3.05) is 6.54 Å². The molecule has 11 heavy (non-hydrogen) atoms. The highest BCUT2D eigenvalue weighted by molar-refractivity contribution is 5.97. The topological polar surface area (TPSA) is 33.7 Å². The Kier molecular flexibility index (Phi) is 2.83. The number of allylic oxidation sites excluding steroid dienone is 1. The first-order valence-electron chi connectivity index (χ1n) is 4.26. The molecule has 62 valence electrons. The van der Waals surface area contributed by atoms with Crippen LogP contribution in [0.3, 0.4) is 0 Å². The lowest BCUT2D eigenvalue weighted by atomic mass is 10.0. The van der Waals surface area contributed by atoms with E-state index in [2.05, 4.69) is 5.32 Å². The van der Waals surface area contributed by atoms with Crippen molar-refractivity contribution in [3.63, 3.8) is 0 Å². The number of ketones is 1. The Balaban J connectivity index is 2.53. The average Bonchev–Trinajstić information content (AvgIpc) is 2.53. The first kappa shape index (κ1) is 8.47. The Bertz CT molecular complexity index is 178. The molecular weight excluding hydrogens is 138 g/mol. The van der Waals surface area contributed by atoms with Crippen LogP contribution in [0.15, 0.2) is 11.6 Å². The number of carbonyl (C=O) groups excluding carboxylic acids is 1. The molecule has 0 amide bonds. The Morgan fingerprint density at radius 3 is 2.82 bits per heavy atom. The molecule has 0 aliphatic carbocycles. The van der Waals surface area contributed by atoms with Crippen LogP contribution >= 0.6 is 0 Å². The van der Waals surface area contributed by atoms with E-state index >= 15 is 0 Å². The maximum Gasteiger partial charge on any atom is 0.215 e. The second-order valence-electron chi connectivity index (χ2n) is 3.11. The number of rotatable bonds is 2. The quantitative estimate of drug-likeness (QED) is 0.568. The Morgan fingerprint density at radius 1 is 1.64 bits per heavy atom. The van der Waals surface area contributed by atoms with Gasteiger partial charge in [0.25, 0.3) is 0 Å². The van der Waals surface area contributed by atoms with E-state index in [1.165, 1.54) is 6.42 Å². The third kappa shape index (κ3) is 1.90. The predicted octanol–water partition coefficient (Wildman–Crippen LogP) is 0.248. The van der Waals surface area contributed by atoms with E-state index in [-0.39, 0.29) is 6.04 Å². The second-order valence-corrected chi connectivity index (χ2v) is 3.11. The lowest BCUT2D eigenvalue weighted by molar-refractivity contribution is -0.656. The van der Waals surface area contributed by atoms with Gasteiger partial charge in [0.1, 0.15) is 6.04 Å². The summed E-state index contributed by atoms with van der Waals surface area (Å²) < 4.78 is 0. The normalized spacial score (nSPS) is 25.6. The lowest BCUT2D eigenvalue weighted by Gasteiger charge is -2.04. The highest BCUT2D eigenvalue weighted by atomic mass is 16.1. The standard InChI is InChI=1S/C9H15NO/c1-3-7(2)9(11)8-5-4-6-10-8/h3,8,10H,4-6H2,1-2H3/p+1/b7-3+. The van der Waals surface area contributed by atoms with Gasteiger partial charge in [0, 0.05) is 12.8 Å². The minimum atomic E-state index is 0.228. The number of Topliss-reactive ketones (excluding diaryl/α,β-unsaturated/α-hetero) is 1. The van der Waals surface area contributed by atoms with Gasteiger partial charge in [-0.3, -0.25) is 4.79 Å². The second kappa shape index (κ2) is 3.67. The summed E-state index contributed by atoms with van der Waals surface area (Å²) in [5.74, 6) is 0.324. The zero-order valence-electron chi connectivity index (χ0n) is 7.26. The van der Waals surface area contributed by atoms with E-state index in [9.17, 15) is 4.79 Å². The number of hydrogen-bond donors (Lipinski definition) is 1. The van der Waals surface area contributed by atoms with Crippen LogP contribution in [0.4, 0.5) is 0 Å². The average molecular weight is 154 g/mol. The van der Waals surface area contributed by atoms with Crippen LogP contribution in [0, 0.1) is 0 Å². The number of carbonyl (C=O) groups is 1. The van der Waals surface area contributed by atoms with Crippen LogP contribution < -0.4 is 5.32 Å². The van der Waals surface area contributed by atoms with E-state index in [0.29, 0.717) is 5.78 Å². The molecule has 0 aromatic carbocycles. The smallest absolute Gasteiger partial charge is 0.215 e. The number of nitrogens with two attached hydrogens (primary N) is 1. The van der Waals surface area contributed by atoms with Crippen LogP contribution in [0.5, 0.6) is 0 Å². The van der Waals surface area contributed by atoms with Crippen molar-refractivity contribution in [1.82, 2.24) is 0 Å². The predicted molar refractivity (Wildman–Crippen MR) is 44.3 cm³/mol. The van der Waals surface area contributed by atoms with Gasteiger partial charge in [-0.25, -0.2) is 0 Å². The summed E-state index contributed by atoms with van der Waals surface area (Å²) in [5, 5.41) is 2.15. The Hall–Kier alpha value is -0.630. The van der Waals surface area contributed by atoms with Crippen molar-refractivity contribution in [1.29, 1.82) is 0 Å². The monoisotopic (exact) mass is 154 g/mol. The van der Waals surface area contributed by atoms with Gasteiger partial charge in [0.05, 0.1) is 6.54 Å². The SMILES string of the molecule is C/C=C(\C)C(=O)C1CCC[NH2+]1. The molecule has 1 rings (SSSR count). The molecule has 1 atom stereocenters. The van der Waals surface area contributed by atoms with Gasteiger partial charge in [-0.15, -0.1) is 0 Å². The molecule has 1 heterocycles.